The van der Waals surface area contributed by atoms with Crippen molar-refractivity contribution in [2.45, 2.75) is 19.4 Å². The molecule has 1 aromatic heterocycles. The Morgan fingerprint density at radius 3 is 2.70 bits per heavy atom. The summed E-state index contributed by atoms with van der Waals surface area (Å²) in [6, 6.07) is 7.49. The zero-order valence-corrected chi connectivity index (χ0v) is 15.0. The monoisotopic (exact) mass is 397 g/mol. The van der Waals surface area contributed by atoms with Crippen molar-refractivity contribution < 1.29 is 4.74 Å². The average Bonchev–Trinajstić information content (AvgIpc) is 3.37. The molecule has 122 valence electrons. The van der Waals surface area contributed by atoms with Gasteiger partial charge in [0.1, 0.15) is 10.8 Å². The molecule has 0 aliphatic heterocycles. The number of methoxy groups -OCH3 is 1. The summed E-state index contributed by atoms with van der Waals surface area (Å²) in [4.78, 5) is 12.4. The summed E-state index contributed by atoms with van der Waals surface area (Å²) in [6.45, 7) is 1.17. The van der Waals surface area contributed by atoms with Crippen LogP contribution in [0.5, 0.6) is 5.75 Å². The van der Waals surface area contributed by atoms with E-state index in [1.54, 1.807) is 7.11 Å². The first-order valence-electron chi connectivity index (χ1n) is 7.41. The van der Waals surface area contributed by atoms with Crippen molar-refractivity contribution >= 4 is 33.2 Å². The van der Waals surface area contributed by atoms with Gasteiger partial charge in [-0.25, -0.2) is 4.68 Å². The molecule has 1 aliphatic carbocycles. The van der Waals surface area contributed by atoms with E-state index in [1.165, 1.54) is 17.5 Å². The fourth-order valence-electron chi connectivity index (χ4n) is 2.24. The van der Waals surface area contributed by atoms with E-state index in [1.807, 2.05) is 24.3 Å². The largest absolute Gasteiger partial charge is 0.497 e. The van der Waals surface area contributed by atoms with Crippen LogP contribution in [0.15, 0.2) is 33.7 Å². The summed E-state index contributed by atoms with van der Waals surface area (Å²) >= 11 is 9.64. The Labute approximate surface area is 147 Å². The molecule has 1 saturated carbocycles. The maximum absolute atomic E-state index is 12.4. The van der Waals surface area contributed by atoms with Gasteiger partial charge in [-0.15, -0.1) is 0 Å². The molecule has 0 atom stereocenters. The third-order valence-corrected chi connectivity index (χ3v) is 4.72. The van der Waals surface area contributed by atoms with Gasteiger partial charge in [0.05, 0.1) is 19.3 Å². The molecule has 3 rings (SSSR count). The number of hydrogen-bond acceptors (Lipinski definition) is 4. The number of halogens is 2. The first-order chi connectivity index (χ1) is 11.1. The molecule has 1 aromatic carbocycles. The van der Waals surface area contributed by atoms with Gasteiger partial charge in [0.2, 0.25) is 0 Å². The SMILES string of the molecule is COc1ccc(Cn2nc(Br)c(NCC3CC3)c(Cl)c2=O)cc1. The molecule has 0 unspecified atom stereocenters. The lowest BCUT2D eigenvalue weighted by atomic mass is 10.2. The number of anilines is 1. The van der Waals surface area contributed by atoms with Crippen LogP contribution in [0.3, 0.4) is 0 Å². The van der Waals surface area contributed by atoms with Crippen molar-refractivity contribution in [2.24, 2.45) is 5.92 Å². The van der Waals surface area contributed by atoms with E-state index >= 15 is 0 Å². The molecule has 0 spiro atoms. The molecule has 0 saturated heterocycles. The summed E-state index contributed by atoms with van der Waals surface area (Å²) in [7, 11) is 1.62. The number of nitrogens with zero attached hydrogens (tertiary/aromatic N) is 2. The van der Waals surface area contributed by atoms with Crippen LogP contribution in [0.25, 0.3) is 0 Å². The smallest absolute Gasteiger partial charge is 0.288 e. The quantitative estimate of drug-likeness (QED) is 0.808. The van der Waals surface area contributed by atoms with E-state index in [-0.39, 0.29) is 10.6 Å². The van der Waals surface area contributed by atoms with Gasteiger partial charge in [-0.2, -0.15) is 5.10 Å². The van der Waals surface area contributed by atoms with Crippen molar-refractivity contribution in [3.8, 4) is 5.75 Å². The number of benzene rings is 1. The van der Waals surface area contributed by atoms with Gasteiger partial charge in [-0.1, -0.05) is 23.7 Å². The minimum Gasteiger partial charge on any atom is -0.497 e. The highest BCUT2D eigenvalue weighted by Gasteiger charge is 2.22. The Morgan fingerprint density at radius 1 is 1.39 bits per heavy atom. The molecule has 1 N–H and O–H groups in total. The highest BCUT2D eigenvalue weighted by Crippen LogP contribution is 2.31. The van der Waals surface area contributed by atoms with E-state index in [2.05, 4.69) is 26.3 Å². The van der Waals surface area contributed by atoms with Gasteiger partial charge in [-0.05, 0) is 52.4 Å². The molecule has 0 amide bonds. The Balaban J connectivity index is 1.82. The minimum atomic E-state index is -0.302. The van der Waals surface area contributed by atoms with Crippen molar-refractivity contribution in [2.75, 3.05) is 19.0 Å². The second-order valence-corrected chi connectivity index (χ2v) is 6.74. The number of hydrogen-bond donors (Lipinski definition) is 1. The highest BCUT2D eigenvalue weighted by atomic mass is 79.9. The van der Waals surface area contributed by atoms with Crippen LogP contribution in [0, 0.1) is 5.92 Å². The van der Waals surface area contributed by atoms with E-state index in [4.69, 9.17) is 16.3 Å². The van der Waals surface area contributed by atoms with E-state index in [0.29, 0.717) is 22.8 Å². The Bertz CT molecular complexity index is 757. The van der Waals surface area contributed by atoms with Gasteiger partial charge in [-0.3, -0.25) is 4.79 Å². The third-order valence-electron chi connectivity index (χ3n) is 3.81. The van der Waals surface area contributed by atoms with Gasteiger partial charge in [0.25, 0.3) is 5.56 Å². The second-order valence-electron chi connectivity index (χ2n) is 5.61. The van der Waals surface area contributed by atoms with Gasteiger partial charge in [0.15, 0.2) is 4.60 Å². The predicted octanol–water partition coefficient (Wildman–Crippen LogP) is 3.54. The number of ether oxygens (including phenoxy) is 1. The summed E-state index contributed by atoms with van der Waals surface area (Å²) in [6.07, 6.45) is 2.45. The molecule has 23 heavy (non-hydrogen) atoms. The van der Waals surface area contributed by atoms with Gasteiger partial charge in [0, 0.05) is 6.54 Å². The number of aromatic nitrogens is 2. The second kappa shape index (κ2) is 6.93. The van der Waals surface area contributed by atoms with E-state index in [9.17, 15) is 4.79 Å². The molecule has 1 fully saturated rings. The van der Waals surface area contributed by atoms with Gasteiger partial charge >= 0.3 is 0 Å². The first kappa shape index (κ1) is 16.3. The molecule has 7 heteroatoms. The topological polar surface area (TPSA) is 56.1 Å². The zero-order chi connectivity index (χ0) is 16.4. The average molecular weight is 399 g/mol. The van der Waals surface area contributed by atoms with E-state index < -0.39 is 0 Å². The summed E-state index contributed by atoms with van der Waals surface area (Å²) in [5.74, 6) is 1.45. The fraction of sp³-hybridized carbons (Fsp3) is 0.375. The summed E-state index contributed by atoms with van der Waals surface area (Å²) < 4.78 is 7.04. The molecule has 1 aliphatic rings. The first-order valence-corrected chi connectivity index (χ1v) is 8.58. The van der Waals surface area contributed by atoms with E-state index in [0.717, 1.165) is 17.9 Å². The fourth-order valence-corrected chi connectivity index (χ4v) is 3.14. The maximum Gasteiger partial charge on any atom is 0.288 e. The lowest BCUT2D eigenvalue weighted by molar-refractivity contribution is 0.414. The zero-order valence-electron chi connectivity index (χ0n) is 12.7. The molecule has 2 aromatic rings. The number of rotatable bonds is 6. The van der Waals surface area contributed by atoms with Crippen LogP contribution in [0.1, 0.15) is 18.4 Å². The molecular weight excluding hydrogens is 382 g/mol. The summed E-state index contributed by atoms with van der Waals surface area (Å²) in [5, 5.41) is 7.70. The van der Waals surface area contributed by atoms with Gasteiger partial charge < -0.3 is 10.1 Å². The molecule has 0 radical (unpaired) electrons. The molecule has 0 bridgehead atoms. The standard InChI is InChI=1S/C16H17BrClN3O2/c1-23-12-6-4-11(5-7-12)9-21-16(22)13(18)14(15(17)20-21)19-8-10-2-3-10/h4-7,10,19H,2-3,8-9H2,1H3. The normalized spacial score (nSPS) is 13.9. The Kier molecular flexibility index (Phi) is 4.92. The van der Waals surface area contributed by atoms with Crippen molar-refractivity contribution in [3.63, 3.8) is 0 Å². The minimum absolute atomic E-state index is 0.168. The van der Waals surface area contributed by atoms with Crippen molar-refractivity contribution in [1.29, 1.82) is 0 Å². The third kappa shape index (κ3) is 3.87. The lowest BCUT2D eigenvalue weighted by Gasteiger charge is -2.12. The van der Waals surface area contributed by atoms with Crippen molar-refractivity contribution in [3.05, 3.63) is 49.8 Å². The highest BCUT2D eigenvalue weighted by molar-refractivity contribution is 9.10. The van der Waals surface area contributed by atoms with Crippen LogP contribution in [0.2, 0.25) is 5.02 Å². The lowest BCUT2D eigenvalue weighted by Crippen LogP contribution is -2.26. The Hall–Kier alpha value is -1.53. The van der Waals surface area contributed by atoms with Crippen molar-refractivity contribution in [1.82, 2.24) is 9.78 Å². The molecule has 5 nitrogen and oxygen atoms in total. The number of nitrogens with one attached hydrogen (secondary N) is 1. The molecule has 1 heterocycles. The summed E-state index contributed by atoms with van der Waals surface area (Å²) in [5.41, 5.74) is 1.22. The van der Waals surface area contributed by atoms with Crippen LogP contribution in [0.4, 0.5) is 5.69 Å². The van der Waals surface area contributed by atoms with Crippen LogP contribution < -0.4 is 15.6 Å². The Morgan fingerprint density at radius 2 is 2.09 bits per heavy atom. The predicted molar refractivity (Wildman–Crippen MR) is 94.5 cm³/mol. The maximum atomic E-state index is 12.4. The van der Waals surface area contributed by atoms with Crippen LogP contribution in [-0.4, -0.2) is 23.4 Å². The molecular formula is C16H17BrClN3O2. The van der Waals surface area contributed by atoms with Crippen LogP contribution >= 0.6 is 27.5 Å². The van der Waals surface area contributed by atoms with Crippen LogP contribution in [-0.2, 0) is 6.54 Å².